The number of para-hydroxylation sites is 1. The number of aromatic nitrogens is 2. The minimum atomic E-state index is 0.495. The second-order valence-electron chi connectivity index (χ2n) is 4.42. The van der Waals surface area contributed by atoms with Crippen LogP contribution in [0.1, 0.15) is 5.69 Å². The molecule has 2 heterocycles. The van der Waals surface area contributed by atoms with Crippen molar-refractivity contribution in [1.82, 2.24) is 9.97 Å². The molecule has 0 aliphatic heterocycles. The predicted molar refractivity (Wildman–Crippen MR) is 78.4 cm³/mol. The quantitative estimate of drug-likeness (QED) is 0.732. The number of nitrogen functional groups attached to an aromatic ring is 1. The van der Waals surface area contributed by atoms with Gasteiger partial charge in [-0.1, -0.05) is 18.2 Å². The molecular weight excluding hydrogens is 236 g/mol. The largest absolute Gasteiger partial charge is 0.384 e. The Morgan fingerprint density at radius 2 is 2.00 bits per heavy atom. The van der Waals surface area contributed by atoms with Crippen LogP contribution in [0.2, 0.25) is 0 Å². The highest BCUT2D eigenvalue weighted by Gasteiger charge is 2.03. The molecule has 0 amide bonds. The van der Waals surface area contributed by atoms with Gasteiger partial charge in [-0.25, -0.2) is 4.98 Å². The van der Waals surface area contributed by atoms with E-state index in [9.17, 15) is 0 Å². The minimum Gasteiger partial charge on any atom is -0.384 e. The second-order valence-corrected chi connectivity index (χ2v) is 4.42. The van der Waals surface area contributed by atoms with Crippen molar-refractivity contribution < 1.29 is 0 Å². The molecule has 0 spiro atoms. The summed E-state index contributed by atoms with van der Waals surface area (Å²) in [7, 11) is 0. The molecule has 0 aliphatic rings. The summed E-state index contributed by atoms with van der Waals surface area (Å²) < 4.78 is 0. The summed E-state index contributed by atoms with van der Waals surface area (Å²) >= 11 is 0. The Labute approximate surface area is 111 Å². The first-order valence-corrected chi connectivity index (χ1v) is 6.07. The fourth-order valence-electron chi connectivity index (χ4n) is 2.03. The number of hydrogen-bond donors (Lipinski definition) is 2. The maximum atomic E-state index is 5.68. The van der Waals surface area contributed by atoms with E-state index >= 15 is 0 Å². The summed E-state index contributed by atoms with van der Waals surface area (Å²) in [6.07, 6.45) is 1.68. The van der Waals surface area contributed by atoms with E-state index in [2.05, 4.69) is 21.4 Å². The van der Waals surface area contributed by atoms with Gasteiger partial charge in [-0.05, 0) is 25.1 Å². The number of nitrogens with zero attached hydrogens (tertiary/aromatic N) is 2. The summed E-state index contributed by atoms with van der Waals surface area (Å²) in [5, 5.41) is 4.44. The zero-order valence-corrected chi connectivity index (χ0v) is 10.6. The summed E-state index contributed by atoms with van der Waals surface area (Å²) in [6.45, 7) is 1.99. The number of pyridine rings is 2. The number of nitrogens with two attached hydrogens (primary N) is 1. The van der Waals surface area contributed by atoms with E-state index in [0.717, 1.165) is 28.0 Å². The Morgan fingerprint density at radius 3 is 2.84 bits per heavy atom. The van der Waals surface area contributed by atoms with Gasteiger partial charge < -0.3 is 11.1 Å². The van der Waals surface area contributed by atoms with Crippen LogP contribution < -0.4 is 11.1 Å². The number of aryl methyl sites for hydroxylation is 1. The Hall–Kier alpha value is -2.62. The zero-order chi connectivity index (χ0) is 13.2. The van der Waals surface area contributed by atoms with E-state index < -0.39 is 0 Å². The first-order chi connectivity index (χ1) is 9.22. The smallest absolute Gasteiger partial charge is 0.125 e. The van der Waals surface area contributed by atoms with Crippen molar-refractivity contribution in [2.24, 2.45) is 0 Å². The van der Waals surface area contributed by atoms with Gasteiger partial charge in [0.15, 0.2) is 0 Å². The summed E-state index contributed by atoms with van der Waals surface area (Å²) in [4.78, 5) is 8.56. The summed E-state index contributed by atoms with van der Waals surface area (Å²) in [5.74, 6) is 0.495. The molecule has 0 saturated heterocycles. The molecule has 0 fully saturated rings. The van der Waals surface area contributed by atoms with Gasteiger partial charge in [-0.15, -0.1) is 0 Å². The Kier molecular flexibility index (Phi) is 2.76. The number of fused-ring (bicyclic) bond motifs is 1. The molecule has 3 N–H and O–H groups in total. The number of hydrogen-bond acceptors (Lipinski definition) is 4. The van der Waals surface area contributed by atoms with Gasteiger partial charge in [0, 0.05) is 29.0 Å². The van der Waals surface area contributed by atoms with Crippen LogP contribution >= 0.6 is 0 Å². The standard InChI is InChI=1S/C15H14N4/c1-10-5-6-11-3-2-4-13(15(11)18-10)19-12-7-8-17-14(16)9-12/h2-9H,1H3,(H3,16,17,19). The highest BCUT2D eigenvalue weighted by Crippen LogP contribution is 2.25. The number of rotatable bonds is 2. The van der Waals surface area contributed by atoms with Gasteiger partial charge in [0.2, 0.25) is 0 Å². The monoisotopic (exact) mass is 250 g/mol. The molecule has 0 atom stereocenters. The first-order valence-electron chi connectivity index (χ1n) is 6.07. The highest BCUT2D eigenvalue weighted by atomic mass is 14.9. The van der Waals surface area contributed by atoms with E-state index in [4.69, 9.17) is 5.73 Å². The summed E-state index contributed by atoms with van der Waals surface area (Å²) in [6, 6.07) is 13.8. The fraction of sp³-hybridized carbons (Fsp3) is 0.0667. The lowest BCUT2D eigenvalue weighted by atomic mass is 10.1. The van der Waals surface area contributed by atoms with Crippen LogP contribution in [0, 0.1) is 6.92 Å². The molecule has 0 aliphatic carbocycles. The molecule has 3 aromatic rings. The van der Waals surface area contributed by atoms with Crippen molar-refractivity contribution in [1.29, 1.82) is 0 Å². The normalized spacial score (nSPS) is 10.6. The van der Waals surface area contributed by atoms with Crippen molar-refractivity contribution in [3.8, 4) is 0 Å². The first kappa shape index (κ1) is 11.5. The van der Waals surface area contributed by atoms with Crippen LogP contribution in [-0.4, -0.2) is 9.97 Å². The van der Waals surface area contributed by atoms with Crippen LogP contribution in [-0.2, 0) is 0 Å². The summed E-state index contributed by atoms with van der Waals surface area (Å²) in [5.41, 5.74) is 9.51. The van der Waals surface area contributed by atoms with Crippen molar-refractivity contribution in [2.75, 3.05) is 11.1 Å². The number of anilines is 3. The van der Waals surface area contributed by atoms with E-state index in [-0.39, 0.29) is 0 Å². The number of benzene rings is 1. The van der Waals surface area contributed by atoms with Gasteiger partial charge in [0.25, 0.3) is 0 Å². The van der Waals surface area contributed by atoms with Crippen molar-refractivity contribution in [2.45, 2.75) is 6.92 Å². The fourth-order valence-corrected chi connectivity index (χ4v) is 2.03. The third-order valence-corrected chi connectivity index (χ3v) is 2.92. The van der Waals surface area contributed by atoms with Gasteiger partial charge in [-0.2, -0.15) is 0 Å². The average molecular weight is 250 g/mol. The molecule has 19 heavy (non-hydrogen) atoms. The van der Waals surface area contributed by atoms with Crippen LogP contribution in [0.25, 0.3) is 10.9 Å². The van der Waals surface area contributed by atoms with E-state index in [1.54, 1.807) is 12.3 Å². The van der Waals surface area contributed by atoms with Gasteiger partial charge in [0.1, 0.15) is 5.82 Å². The topological polar surface area (TPSA) is 63.8 Å². The second kappa shape index (κ2) is 4.57. The van der Waals surface area contributed by atoms with Crippen LogP contribution in [0.4, 0.5) is 17.2 Å². The van der Waals surface area contributed by atoms with Gasteiger partial charge >= 0.3 is 0 Å². The molecular formula is C15H14N4. The molecule has 3 rings (SSSR count). The Balaban J connectivity index is 2.07. The van der Waals surface area contributed by atoms with E-state index in [0.29, 0.717) is 5.82 Å². The van der Waals surface area contributed by atoms with Crippen molar-refractivity contribution >= 4 is 28.1 Å². The lowest BCUT2D eigenvalue weighted by Gasteiger charge is -2.09. The van der Waals surface area contributed by atoms with Gasteiger partial charge in [-0.3, -0.25) is 4.98 Å². The molecule has 4 heteroatoms. The van der Waals surface area contributed by atoms with E-state index in [1.165, 1.54) is 0 Å². The third kappa shape index (κ3) is 2.33. The van der Waals surface area contributed by atoms with Crippen LogP contribution in [0.5, 0.6) is 0 Å². The van der Waals surface area contributed by atoms with Crippen LogP contribution in [0.15, 0.2) is 48.7 Å². The molecule has 4 nitrogen and oxygen atoms in total. The SMILES string of the molecule is Cc1ccc2cccc(Nc3ccnc(N)c3)c2n1. The Bertz CT molecular complexity index is 737. The maximum absolute atomic E-state index is 5.68. The van der Waals surface area contributed by atoms with Crippen molar-refractivity contribution in [3.05, 3.63) is 54.4 Å². The molecule has 94 valence electrons. The third-order valence-electron chi connectivity index (χ3n) is 2.92. The molecule has 0 bridgehead atoms. The van der Waals surface area contributed by atoms with E-state index in [1.807, 2.05) is 37.3 Å². The predicted octanol–water partition coefficient (Wildman–Crippen LogP) is 3.26. The lowest BCUT2D eigenvalue weighted by Crippen LogP contribution is -1.96. The average Bonchev–Trinajstić information content (AvgIpc) is 2.39. The Morgan fingerprint density at radius 1 is 1.11 bits per heavy atom. The molecule has 0 unspecified atom stereocenters. The minimum absolute atomic E-state index is 0.495. The molecule has 2 aromatic heterocycles. The van der Waals surface area contributed by atoms with Crippen LogP contribution in [0.3, 0.4) is 0 Å². The van der Waals surface area contributed by atoms with Crippen molar-refractivity contribution in [3.63, 3.8) is 0 Å². The highest BCUT2D eigenvalue weighted by molar-refractivity contribution is 5.92. The molecule has 0 saturated carbocycles. The lowest BCUT2D eigenvalue weighted by molar-refractivity contribution is 1.25. The molecule has 0 radical (unpaired) electrons. The zero-order valence-electron chi connectivity index (χ0n) is 10.6. The maximum Gasteiger partial charge on any atom is 0.125 e. The van der Waals surface area contributed by atoms with Gasteiger partial charge in [0.05, 0.1) is 11.2 Å². The molecule has 1 aromatic carbocycles. The number of nitrogens with one attached hydrogen (secondary N) is 1.